The highest BCUT2D eigenvalue weighted by molar-refractivity contribution is 7.16. The Bertz CT molecular complexity index is 1090. The average Bonchev–Trinajstić information content (AvgIpc) is 3.35. The number of benzene rings is 1. The Morgan fingerprint density at radius 2 is 2.12 bits per heavy atom. The molecule has 0 saturated carbocycles. The highest BCUT2D eigenvalue weighted by Gasteiger charge is 2.21. The van der Waals surface area contributed by atoms with Gasteiger partial charge in [-0.1, -0.05) is 24.3 Å². The summed E-state index contributed by atoms with van der Waals surface area (Å²) in [6.45, 7) is 1.40. The molecule has 5 heteroatoms. The van der Waals surface area contributed by atoms with E-state index in [4.69, 9.17) is 0 Å². The fourth-order valence-corrected chi connectivity index (χ4v) is 4.35. The lowest BCUT2D eigenvalue weighted by molar-refractivity contribution is 0.0768. The fourth-order valence-electron chi connectivity index (χ4n) is 3.57. The number of carbonyl (C=O) groups is 1. The molecule has 25 heavy (non-hydrogen) atoms. The Morgan fingerprint density at radius 3 is 2.96 bits per heavy atom. The molecule has 0 fully saturated rings. The predicted octanol–water partition coefficient (Wildman–Crippen LogP) is 4.64. The Balaban J connectivity index is 1.39. The van der Waals surface area contributed by atoms with Gasteiger partial charge in [-0.05, 0) is 35.6 Å². The van der Waals surface area contributed by atoms with Crippen LogP contribution >= 0.6 is 11.3 Å². The van der Waals surface area contributed by atoms with Gasteiger partial charge in [0.15, 0.2) is 0 Å². The fraction of sp³-hybridized carbons (Fsp3) is 0.150. The van der Waals surface area contributed by atoms with Crippen LogP contribution in [0, 0.1) is 0 Å². The van der Waals surface area contributed by atoms with Crippen molar-refractivity contribution in [3.63, 3.8) is 0 Å². The van der Waals surface area contributed by atoms with Crippen molar-refractivity contribution in [2.24, 2.45) is 0 Å². The standard InChI is InChI=1S/C20H17N3OS/c24-20(18-11-14-7-10-25-19(14)22-18)23-8-5-13(6-9-23)16-12-21-17-4-2-1-3-15(16)17/h1-5,7,10-12,21-22H,6,8-9H2. The third-order valence-electron chi connectivity index (χ3n) is 4.91. The maximum Gasteiger partial charge on any atom is 0.270 e. The number of hydrogen-bond donors (Lipinski definition) is 2. The summed E-state index contributed by atoms with van der Waals surface area (Å²) >= 11 is 1.63. The van der Waals surface area contributed by atoms with Crippen LogP contribution in [-0.4, -0.2) is 33.9 Å². The highest BCUT2D eigenvalue weighted by atomic mass is 32.1. The molecule has 1 aliphatic rings. The second-order valence-electron chi connectivity index (χ2n) is 6.37. The van der Waals surface area contributed by atoms with E-state index < -0.39 is 0 Å². The molecule has 0 bridgehead atoms. The maximum atomic E-state index is 12.7. The molecule has 0 radical (unpaired) electrons. The van der Waals surface area contributed by atoms with Crippen LogP contribution in [-0.2, 0) is 0 Å². The van der Waals surface area contributed by atoms with E-state index in [1.165, 1.54) is 16.5 Å². The quantitative estimate of drug-likeness (QED) is 0.545. The summed E-state index contributed by atoms with van der Waals surface area (Å²) in [5.74, 6) is 0.0811. The van der Waals surface area contributed by atoms with E-state index in [0.29, 0.717) is 12.2 Å². The lowest BCUT2D eigenvalue weighted by atomic mass is 9.99. The summed E-state index contributed by atoms with van der Waals surface area (Å²) in [5, 5.41) is 4.39. The Hall–Kier alpha value is -2.79. The number of aromatic amines is 2. The molecular weight excluding hydrogens is 330 g/mol. The lowest BCUT2D eigenvalue weighted by Crippen LogP contribution is -2.34. The summed E-state index contributed by atoms with van der Waals surface area (Å²) in [4.78, 5) is 22.3. The van der Waals surface area contributed by atoms with E-state index in [9.17, 15) is 4.79 Å². The molecule has 0 saturated heterocycles. The van der Waals surface area contributed by atoms with Gasteiger partial charge in [0, 0.05) is 41.1 Å². The van der Waals surface area contributed by atoms with Crippen molar-refractivity contribution < 1.29 is 4.79 Å². The van der Waals surface area contributed by atoms with Crippen LogP contribution < -0.4 is 0 Å². The molecule has 4 heterocycles. The van der Waals surface area contributed by atoms with Gasteiger partial charge in [-0.2, -0.15) is 0 Å². The molecule has 5 rings (SSSR count). The van der Waals surface area contributed by atoms with E-state index in [2.05, 4.69) is 40.4 Å². The van der Waals surface area contributed by atoms with Gasteiger partial charge in [0.2, 0.25) is 0 Å². The van der Waals surface area contributed by atoms with Crippen LogP contribution in [0.15, 0.2) is 54.1 Å². The second-order valence-corrected chi connectivity index (χ2v) is 7.28. The molecule has 4 nitrogen and oxygen atoms in total. The number of carbonyl (C=O) groups excluding carboxylic acids is 1. The van der Waals surface area contributed by atoms with Gasteiger partial charge in [0.05, 0.1) is 0 Å². The molecule has 2 N–H and O–H groups in total. The number of nitrogens with zero attached hydrogens (tertiary/aromatic N) is 1. The van der Waals surface area contributed by atoms with Crippen molar-refractivity contribution in [1.82, 2.24) is 14.9 Å². The molecule has 0 unspecified atom stereocenters. The van der Waals surface area contributed by atoms with Crippen molar-refractivity contribution in [1.29, 1.82) is 0 Å². The predicted molar refractivity (Wildman–Crippen MR) is 103 cm³/mol. The van der Waals surface area contributed by atoms with Gasteiger partial charge >= 0.3 is 0 Å². The zero-order valence-corrected chi connectivity index (χ0v) is 14.4. The molecule has 0 spiro atoms. The van der Waals surface area contributed by atoms with Gasteiger partial charge in [-0.3, -0.25) is 4.79 Å². The molecule has 4 aromatic rings. The van der Waals surface area contributed by atoms with Gasteiger partial charge in [-0.25, -0.2) is 0 Å². The summed E-state index contributed by atoms with van der Waals surface area (Å²) in [6.07, 6.45) is 5.14. The van der Waals surface area contributed by atoms with Crippen molar-refractivity contribution in [2.45, 2.75) is 6.42 Å². The smallest absolute Gasteiger partial charge is 0.270 e. The molecule has 3 aromatic heterocycles. The minimum Gasteiger partial charge on any atom is -0.361 e. The third-order valence-corrected chi connectivity index (χ3v) is 5.75. The first-order valence-corrected chi connectivity index (χ1v) is 9.28. The van der Waals surface area contributed by atoms with Crippen LogP contribution in [0.3, 0.4) is 0 Å². The number of amides is 1. The van der Waals surface area contributed by atoms with Crippen molar-refractivity contribution in [3.05, 3.63) is 65.3 Å². The van der Waals surface area contributed by atoms with Crippen LogP contribution in [0.1, 0.15) is 22.5 Å². The molecule has 0 atom stereocenters. The van der Waals surface area contributed by atoms with E-state index in [1.54, 1.807) is 11.3 Å². The first kappa shape index (κ1) is 14.5. The number of H-pyrrole nitrogens is 2. The van der Waals surface area contributed by atoms with Crippen LogP contribution in [0.4, 0.5) is 0 Å². The molecule has 0 aliphatic carbocycles. The molecular formula is C20H17N3OS. The zero-order valence-electron chi connectivity index (χ0n) is 13.6. The van der Waals surface area contributed by atoms with E-state index in [0.717, 1.165) is 28.7 Å². The number of fused-ring (bicyclic) bond motifs is 2. The van der Waals surface area contributed by atoms with Crippen LogP contribution in [0.5, 0.6) is 0 Å². The summed E-state index contributed by atoms with van der Waals surface area (Å²) in [6, 6.07) is 12.3. The average molecular weight is 347 g/mol. The van der Waals surface area contributed by atoms with E-state index in [-0.39, 0.29) is 5.91 Å². The van der Waals surface area contributed by atoms with Gasteiger partial charge in [0.1, 0.15) is 10.5 Å². The Kier molecular flexibility index (Phi) is 3.28. The van der Waals surface area contributed by atoms with Gasteiger partial charge < -0.3 is 14.9 Å². The largest absolute Gasteiger partial charge is 0.361 e. The molecule has 1 aliphatic heterocycles. The number of thiophene rings is 1. The van der Waals surface area contributed by atoms with Crippen LogP contribution in [0.2, 0.25) is 0 Å². The van der Waals surface area contributed by atoms with E-state index >= 15 is 0 Å². The summed E-state index contributed by atoms with van der Waals surface area (Å²) in [7, 11) is 0. The number of aromatic nitrogens is 2. The first-order valence-electron chi connectivity index (χ1n) is 8.40. The molecule has 1 aromatic carbocycles. The van der Waals surface area contributed by atoms with Crippen molar-refractivity contribution in [2.75, 3.05) is 13.1 Å². The maximum absolute atomic E-state index is 12.7. The number of rotatable bonds is 2. The number of nitrogens with one attached hydrogen (secondary N) is 2. The van der Waals surface area contributed by atoms with Crippen molar-refractivity contribution >= 4 is 43.9 Å². The summed E-state index contributed by atoms with van der Waals surface area (Å²) in [5.41, 5.74) is 4.41. The SMILES string of the molecule is O=C(c1cc2ccsc2[nH]1)N1CC=C(c2c[nH]c3ccccc23)CC1. The number of para-hydroxylation sites is 1. The van der Waals surface area contributed by atoms with Crippen LogP contribution in [0.25, 0.3) is 26.7 Å². The van der Waals surface area contributed by atoms with E-state index in [1.807, 2.05) is 28.5 Å². The molecule has 124 valence electrons. The normalized spacial score (nSPS) is 15.0. The van der Waals surface area contributed by atoms with Crippen molar-refractivity contribution in [3.8, 4) is 0 Å². The minimum atomic E-state index is 0.0811. The second kappa shape index (κ2) is 5.63. The van der Waals surface area contributed by atoms with Gasteiger partial charge in [-0.15, -0.1) is 11.3 Å². The Morgan fingerprint density at radius 1 is 1.20 bits per heavy atom. The third kappa shape index (κ3) is 2.39. The topological polar surface area (TPSA) is 51.9 Å². The lowest BCUT2D eigenvalue weighted by Gasteiger charge is -2.26. The highest BCUT2D eigenvalue weighted by Crippen LogP contribution is 2.30. The summed E-state index contributed by atoms with van der Waals surface area (Å²) < 4.78 is 0. The zero-order chi connectivity index (χ0) is 16.8. The first-order chi connectivity index (χ1) is 12.3. The van der Waals surface area contributed by atoms with Gasteiger partial charge in [0.25, 0.3) is 5.91 Å². The minimum absolute atomic E-state index is 0.0811. The monoisotopic (exact) mass is 347 g/mol. The Labute approximate surface area is 148 Å². The number of hydrogen-bond acceptors (Lipinski definition) is 2. The molecule has 1 amide bonds.